The number of benzene rings is 2. The molecule has 8 nitrogen and oxygen atoms in total. The lowest BCUT2D eigenvalue weighted by Crippen LogP contribution is -2.48. The van der Waals surface area contributed by atoms with E-state index in [0.29, 0.717) is 24.5 Å². The summed E-state index contributed by atoms with van der Waals surface area (Å²) in [6.07, 6.45) is 2.32. The SMILES string of the molecule is CCCNC(=O)C(C)N(Cc1ccccc1C)C(=O)CCCN(c1ccccc1OC)S(C)(=O)=O. The lowest BCUT2D eigenvalue weighted by atomic mass is 10.1. The molecule has 0 radical (unpaired) electrons. The average Bonchev–Trinajstić information content (AvgIpc) is 2.83. The molecule has 192 valence electrons. The van der Waals surface area contributed by atoms with E-state index >= 15 is 0 Å². The van der Waals surface area contributed by atoms with Crippen molar-refractivity contribution in [2.75, 3.05) is 30.8 Å². The summed E-state index contributed by atoms with van der Waals surface area (Å²) in [5.41, 5.74) is 2.42. The number of nitrogens with zero attached hydrogens (tertiary/aromatic N) is 2. The third kappa shape index (κ3) is 7.99. The Hall–Kier alpha value is -3.07. The molecule has 1 unspecified atom stereocenters. The quantitative estimate of drug-likeness (QED) is 0.451. The van der Waals surface area contributed by atoms with E-state index in [9.17, 15) is 18.0 Å². The molecule has 0 heterocycles. The maximum absolute atomic E-state index is 13.3. The van der Waals surface area contributed by atoms with Crippen molar-refractivity contribution in [2.45, 2.75) is 52.6 Å². The fourth-order valence-corrected chi connectivity index (χ4v) is 4.74. The van der Waals surface area contributed by atoms with Gasteiger partial charge in [0.2, 0.25) is 21.8 Å². The maximum atomic E-state index is 13.3. The fourth-order valence-electron chi connectivity index (χ4n) is 3.77. The molecular weight excluding hydrogens is 466 g/mol. The van der Waals surface area contributed by atoms with Gasteiger partial charge in [0.1, 0.15) is 11.8 Å². The Labute approximate surface area is 209 Å². The number of anilines is 1. The third-order valence-electron chi connectivity index (χ3n) is 5.82. The van der Waals surface area contributed by atoms with Crippen molar-refractivity contribution in [3.8, 4) is 5.75 Å². The van der Waals surface area contributed by atoms with Crippen LogP contribution < -0.4 is 14.4 Å². The molecule has 0 aliphatic rings. The number of carbonyl (C=O) groups is 2. The van der Waals surface area contributed by atoms with Gasteiger partial charge in [-0.2, -0.15) is 0 Å². The first-order valence-corrected chi connectivity index (χ1v) is 13.7. The molecule has 0 fully saturated rings. The van der Waals surface area contributed by atoms with Gasteiger partial charge in [-0.1, -0.05) is 43.3 Å². The van der Waals surface area contributed by atoms with Crippen molar-refractivity contribution in [2.24, 2.45) is 0 Å². The minimum atomic E-state index is -3.60. The second-order valence-electron chi connectivity index (χ2n) is 8.53. The van der Waals surface area contributed by atoms with Gasteiger partial charge in [-0.05, 0) is 49.9 Å². The lowest BCUT2D eigenvalue weighted by Gasteiger charge is -2.30. The number of aryl methyl sites for hydroxylation is 1. The van der Waals surface area contributed by atoms with Crippen LogP contribution in [0.5, 0.6) is 5.75 Å². The zero-order valence-corrected chi connectivity index (χ0v) is 22.1. The number of methoxy groups -OCH3 is 1. The number of ether oxygens (including phenoxy) is 1. The Morgan fingerprint density at radius 2 is 1.74 bits per heavy atom. The normalized spacial score (nSPS) is 12.0. The summed E-state index contributed by atoms with van der Waals surface area (Å²) in [5.74, 6) is 0.0214. The number of sulfonamides is 1. The summed E-state index contributed by atoms with van der Waals surface area (Å²) in [6.45, 7) is 6.61. The van der Waals surface area contributed by atoms with Crippen LogP contribution in [0.1, 0.15) is 44.2 Å². The van der Waals surface area contributed by atoms with E-state index in [1.807, 2.05) is 38.1 Å². The Bertz CT molecular complexity index is 1100. The van der Waals surface area contributed by atoms with Crippen LogP contribution in [0.2, 0.25) is 0 Å². The second-order valence-corrected chi connectivity index (χ2v) is 10.4. The van der Waals surface area contributed by atoms with Crippen LogP contribution in [0.25, 0.3) is 0 Å². The van der Waals surface area contributed by atoms with E-state index in [4.69, 9.17) is 4.74 Å². The number of amides is 2. The Morgan fingerprint density at radius 3 is 2.37 bits per heavy atom. The van der Waals surface area contributed by atoms with Gasteiger partial charge < -0.3 is 15.0 Å². The van der Waals surface area contributed by atoms with Crippen molar-refractivity contribution >= 4 is 27.5 Å². The molecule has 0 bridgehead atoms. The van der Waals surface area contributed by atoms with E-state index in [1.165, 1.54) is 11.4 Å². The molecular formula is C26H37N3O5S. The lowest BCUT2D eigenvalue weighted by molar-refractivity contribution is -0.140. The first-order chi connectivity index (χ1) is 16.6. The highest BCUT2D eigenvalue weighted by Crippen LogP contribution is 2.29. The average molecular weight is 504 g/mol. The van der Waals surface area contributed by atoms with E-state index in [1.54, 1.807) is 36.1 Å². The molecule has 2 aromatic rings. The molecule has 35 heavy (non-hydrogen) atoms. The fraction of sp³-hybridized carbons (Fsp3) is 0.462. The highest BCUT2D eigenvalue weighted by molar-refractivity contribution is 7.92. The molecule has 2 aromatic carbocycles. The first kappa shape index (κ1) is 28.2. The molecule has 9 heteroatoms. The van der Waals surface area contributed by atoms with Crippen LogP contribution in [-0.2, 0) is 26.2 Å². The van der Waals surface area contributed by atoms with Crippen molar-refractivity contribution < 1.29 is 22.7 Å². The summed E-state index contributed by atoms with van der Waals surface area (Å²) < 4.78 is 31.6. The smallest absolute Gasteiger partial charge is 0.242 e. The van der Waals surface area contributed by atoms with Crippen molar-refractivity contribution in [1.29, 1.82) is 0 Å². The van der Waals surface area contributed by atoms with Gasteiger partial charge in [0.25, 0.3) is 0 Å². The van der Waals surface area contributed by atoms with Gasteiger partial charge in [-0.3, -0.25) is 13.9 Å². The van der Waals surface area contributed by atoms with Crippen LogP contribution in [0.3, 0.4) is 0 Å². The summed E-state index contributed by atoms with van der Waals surface area (Å²) in [5, 5.41) is 2.86. The number of carbonyl (C=O) groups excluding carboxylic acids is 2. The molecule has 0 saturated carbocycles. The van der Waals surface area contributed by atoms with E-state index in [2.05, 4.69) is 5.32 Å². The minimum absolute atomic E-state index is 0.0957. The van der Waals surface area contributed by atoms with E-state index in [-0.39, 0.29) is 31.2 Å². The second kappa shape index (κ2) is 13.1. The molecule has 0 saturated heterocycles. The summed E-state index contributed by atoms with van der Waals surface area (Å²) in [6, 6.07) is 14.0. The molecule has 0 aliphatic heterocycles. The predicted molar refractivity (Wildman–Crippen MR) is 139 cm³/mol. The molecule has 0 aromatic heterocycles. The summed E-state index contributed by atoms with van der Waals surface area (Å²) in [4.78, 5) is 27.6. The zero-order chi connectivity index (χ0) is 26.0. The number of hydrogen-bond donors (Lipinski definition) is 1. The third-order valence-corrected chi connectivity index (χ3v) is 7.00. The van der Waals surface area contributed by atoms with Crippen LogP contribution in [0.4, 0.5) is 5.69 Å². The Morgan fingerprint density at radius 1 is 1.09 bits per heavy atom. The van der Waals surface area contributed by atoms with Gasteiger partial charge in [0.05, 0.1) is 19.1 Å². The van der Waals surface area contributed by atoms with Gasteiger partial charge >= 0.3 is 0 Å². The zero-order valence-electron chi connectivity index (χ0n) is 21.3. The predicted octanol–water partition coefficient (Wildman–Crippen LogP) is 3.49. The first-order valence-electron chi connectivity index (χ1n) is 11.8. The molecule has 2 rings (SSSR count). The number of para-hydroxylation sites is 2. The van der Waals surface area contributed by atoms with Crippen LogP contribution >= 0.6 is 0 Å². The van der Waals surface area contributed by atoms with Gasteiger partial charge in [0, 0.05) is 26.1 Å². The summed E-state index contributed by atoms with van der Waals surface area (Å²) >= 11 is 0. The van der Waals surface area contributed by atoms with Crippen molar-refractivity contribution in [1.82, 2.24) is 10.2 Å². The molecule has 0 spiro atoms. The van der Waals surface area contributed by atoms with Gasteiger partial charge in [-0.15, -0.1) is 0 Å². The van der Waals surface area contributed by atoms with Crippen LogP contribution in [0, 0.1) is 6.92 Å². The maximum Gasteiger partial charge on any atom is 0.242 e. The summed E-state index contributed by atoms with van der Waals surface area (Å²) in [7, 11) is -2.12. The van der Waals surface area contributed by atoms with E-state index in [0.717, 1.165) is 23.8 Å². The molecule has 0 aliphatic carbocycles. The minimum Gasteiger partial charge on any atom is -0.495 e. The molecule has 1 N–H and O–H groups in total. The number of hydrogen-bond acceptors (Lipinski definition) is 5. The largest absolute Gasteiger partial charge is 0.495 e. The van der Waals surface area contributed by atoms with Gasteiger partial charge in [0.15, 0.2) is 0 Å². The Kier molecular flexibility index (Phi) is 10.6. The number of nitrogens with one attached hydrogen (secondary N) is 1. The topological polar surface area (TPSA) is 96.0 Å². The Balaban J connectivity index is 2.19. The molecule has 1 atom stereocenters. The highest BCUT2D eigenvalue weighted by atomic mass is 32.2. The van der Waals surface area contributed by atoms with Crippen LogP contribution in [-0.4, -0.2) is 57.6 Å². The standard InChI is InChI=1S/C26H37N3O5S/c1-6-17-27-26(31)21(3)28(19-22-13-8-7-12-20(22)2)25(30)16-11-18-29(35(5,32)33)23-14-9-10-15-24(23)34-4/h7-10,12-15,21H,6,11,16-19H2,1-5H3,(H,27,31). The molecule has 2 amide bonds. The van der Waals surface area contributed by atoms with Crippen molar-refractivity contribution in [3.63, 3.8) is 0 Å². The monoisotopic (exact) mass is 503 g/mol. The van der Waals surface area contributed by atoms with Crippen molar-refractivity contribution in [3.05, 3.63) is 59.7 Å². The van der Waals surface area contributed by atoms with E-state index < -0.39 is 16.1 Å². The number of rotatable bonds is 13. The highest BCUT2D eigenvalue weighted by Gasteiger charge is 2.27. The van der Waals surface area contributed by atoms with Gasteiger partial charge in [-0.25, -0.2) is 8.42 Å². The van der Waals surface area contributed by atoms with Crippen LogP contribution in [0.15, 0.2) is 48.5 Å².